The quantitative estimate of drug-likeness (QED) is 0.417. The molecule has 11 nitrogen and oxygen atoms in total. The standard InChI is InChI=1S/C25H25N5O6/c1-14-6-7-15(2)18(9-14)27-22(31)12-30-19-11-21-20(34-13-35-21)10-17(19)24(32)29(25(30)33)8-4-5-23-26-16(3)28-36-23/h6-7,9-11H,4-5,8,12-13H2,1-3H3,(H,27,31). The Morgan fingerprint density at radius 2 is 1.83 bits per heavy atom. The number of hydrogen-bond acceptors (Lipinski definition) is 8. The highest BCUT2D eigenvalue weighted by molar-refractivity contribution is 5.92. The number of amides is 1. The van der Waals surface area contributed by atoms with Crippen molar-refractivity contribution in [3.8, 4) is 11.5 Å². The van der Waals surface area contributed by atoms with E-state index in [1.807, 2.05) is 32.0 Å². The fraction of sp³-hybridized carbons (Fsp3) is 0.320. The third-order valence-corrected chi connectivity index (χ3v) is 6.03. The summed E-state index contributed by atoms with van der Waals surface area (Å²) in [6, 6.07) is 8.86. The van der Waals surface area contributed by atoms with Crippen LogP contribution in [-0.2, 0) is 24.3 Å². The summed E-state index contributed by atoms with van der Waals surface area (Å²) in [5.74, 6) is 1.38. The van der Waals surface area contributed by atoms with Crippen molar-refractivity contribution in [2.75, 3.05) is 12.1 Å². The minimum Gasteiger partial charge on any atom is -0.454 e. The first-order valence-electron chi connectivity index (χ1n) is 11.5. The topological polar surface area (TPSA) is 130 Å². The van der Waals surface area contributed by atoms with E-state index in [1.54, 1.807) is 19.1 Å². The van der Waals surface area contributed by atoms with Gasteiger partial charge in [0.2, 0.25) is 18.6 Å². The monoisotopic (exact) mass is 491 g/mol. The van der Waals surface area contributed by atoms with Gasteiger partial charge in [0.15, 0.2) is 17.3 Å². The van der Waals surface area contributed by atoms with Crippen LogP contribution in [0.4, 0.5) is 5.69 Å². The molecule has 0 unspecified atom stereocenters. The van der Waals surface area contributed by atoms with Gasteiger partial charge in [-0.2, -0.15) is 4.98 Å². The van der Waals surface area contributed by atoms with E-state index in [0.29, 0.717) is 47.3 Å². The zero-order valence-electron chi connectivity index (χ0n) is 20.2. The summed E-state index contributed by atoms with van der Waals surface area (Å²) in [4.78, 5) is 44.0. The molecule has 2 aromatic heterocycles. The number of carbonyl (C=O) groups is 1. The van der Waals surface area contributed by atoms with Crippen LogP contribution in [0.1, 0.15) is 29.3 Å². The van der Waals surface area contributed by atoms with Gasteiger partial charge in [0.1, 0.15) is 6.54 Å². The van der Waals surface area contributed by atoms with Crippen molar-refractivity contribution in [1.82, 2.24) is 19.3 Å². The summed E-state index contributed by atoms with van der Waals surface area (Å²) in [5, 5.41) is 6.89. The molecule has 1 aliphatic heterocycles. The van der Waals surface area contributed by atoms with Gasteiger partial charge in [-0.25, -0.2) is 4.79 Å². The van der Waals surface area contributed by atoms with Crippen molar-refractivity contribution < 1.29 is 18.8 Å². The minimum absolute atomic E-state index is 0.0147. The van der Waals surface area contributed by atoms with Crippen molar-refractivity contribution >= 4 is 22.5 Å². The summed E-state index contributed by atoms with van der Waals surface area (Å²) in [7, 11) is 0. The van der Waals surface area contributed by atoms with Crippen LogP contribution in [0.3, 0.4) is 0 Å². The number of benzene rings is 2. The van der Waals surface area contributed by atoms with Crippen molar-refractivity contribution in [2.24, 2.45) is 0 Å². The maximum atomic E-state index is 13.5. The second kappa shape index (κ2) is 9.33. The molecule has 0 radical (unpaired) electrons. The highest BCUT2D eigenvalue weighted by Gasteiger charge is 2.22. The van der Waals surface area contributed by atoms with Gasteiger partial charge in [0, 0.05) is 24.7 Å². The highest BCUT2D eigenvalue weighted by atomic mass is 16.7. The van der Waals surface area contributed by atoms with Gasteiger partial charge in [-0.3, -0.25) is 18.7 Å². The van der Waals surface area contributed by atoms with E-state index in [2.05, 4.69) is 15.5 Å². The summed E-state index contributed by atoms with van der Waals surface area (Å²) in [6.07, 6.45) is 0.820. The first kappa shape index (κ1) is 23.3. The van der Waals surface area contributed by atoms with Gasteiger partial charge in [0.05, 0.1) is 10.9 Å². The number of anilines is 1. The minimum atomic E-state index is -0.593. The second-order valence-electron chi connectivity index (χ2n) is 8.75. The molecule has 36 heavy (non-hydrogen) atoms. The van der Waals surface area contributed by atoms with E-state index < -0.39 is 17.2 Å². The number of aromatic nitrogens is 4. The Morgan fingerprint density at radius 3 is 2.58 bits per heavy atom. The molecule has 1 amide bonds. The number of carbonyl (C=O) groups excluding carboxylic acids is 1. The van der Waals surface area contributed by atoms with Crippen LogP contribution in [0.25, 0.3) is 10.9 Å². The number of fused-ring (bicyclic) bond motifs is 2. The lowest BCUT2D eigenvalue weighted by Gasteiger charge is -2.15. The highest BCUT2D eigenvalue weighted by Crippen LogP contribution is 2.34. The summed E-state index contributed by atoms with van der Waals surface area (Å²) >= 11 is 0. The largest absolute Gasteiger partial charge is 0.454 e. The lowest BCUT2D eigenvalue weighted by Crippen LogP contribution is -2.42. The van der Waals surface area contributed by atoms with Gasteiger partial charge in [-0.15, -0.1) is 0 Å². The summed E-state index contributed by atoms with van der Waals surface area (Å²) < 4.78 is 18.4. The van der Waals surface area contributed by atoms with Crippen LogP contribution in [0.5, 0.6) is 11.5 Å². The molecule has 4 aromatic rings. The number of hydrogen-bond donors (Lipinski definition) is 1. The number of nitrogens with one attached hydrogen (secondary N) is 1. The molecule has 0 spiro atoms. The number of aryl methyl sites for hydroxylation is 4. The Bertz CT molecular complexity index is 1600. The molecule has 0 bridgehead atoms. The van der Waals surface area contributed by atoms with Gasteiger partial charge in [-0.05, 0) is 50.5 Å². The SMILES string of the molecule is Cc1ccc(C)c(NC(=O)Cn2c(=O)n(CCCc3nc(C)no3)c(=O)c3cc4c(cc32)OCO4)c1. The van der Waals surface area contributed by atoms with Crippen LogP contribution < -0.4 is 26.0 Å². The molecule has 11 heteroatoms. The van der Waals surface area contributed by atoms with Crippen LogP contribution in [0, 0.1) is 20.8 Å². The van der Waals surface area contributed by atoms with Crippen molar-refractivity contribution in [2.45, 2.75) is 46.7 Å². The summed E-state index contributed by atoms with van der Waals surface area (Å²) in [6.45, 7) is 5.38. The van der Waals surface area contributed by atoms with Crippen molar-refractivity contribution in [3.63, 3.8) is 0 Å². The molecule has 3 heterocycles. The van der Waals surface area contributed by atoms with E-state index in [1.165, 1.54) is 4.57 Å². The Morgan fingerprint density at radius 1 is 1.06 bits per heavy atom. The van der Waals surface area contributed by atoms with E-state index in [-0.39, 0.29) is 25.3 Å². The Labute approximate surface area is 205 Å². The molecule has 2 aromatic carbocycles. The predicted octanol–water partition coefficient (Wildman–Crippen LogP) is 2.47. The molecule has 186 valence electrons. The van der Waals surface area contributed by atoms with E-state index >= 15 is 0 Å². The van der Waals surface area contributed by atoms with Crippen LogP contribution in [-0.4, -0.2) is 32.0 Å². The number of ether oxygens (including phenoxy) is 2. The Kier molecular flexibility index (Phi) is 6.05. The van der Waals surface area contributed by atoms with Crippen molar-refractivity contribution in [3.05, 3.63) is 74.0 Å². The third-order valence-electron chi connectivity index (χ3n) is 6.03. The van der Waals surface area contributed by atoms with Gasteiger partial charge >= 0.3 is 5.69 Å². The molecule has 0 saturated heterocycles. The van der Waals surface area contributed by atoms with E-state index in [4.69, 9.17) is 14.0 Å². The van der Waals surface area contributed by atoms with Crippen LogP contribution in [0.2, 0.25) is 0 Å². The van der Waals surface area contributed by atoms with Gasteiger partial charge < -0.3 is 19.3 Å². The van der Waals surface area contributed by atoms with E-state index in [0.717, 1.165) is 15.7 Å². The molecular weight excluding hydrogens is 466 g/mol. The molecule has 0 fully saturated rings. The fourth-order valence-corrected chi connectivity index (χ4v) is 4.19. The normalized spacial score (nSPS) is 12.3. The Balaban J connectivity index is 1.51. The maximum absolute atomic E-state index is 13.5. The molecule has 5 rings (SSSR count). The lowest BCUT2D eigenvalue weighted by atomic mass is 10.1. The summed E-state index contributed by atoms with van der Waals surface area (Å²) in [5.41, 5.74) is 1.80. The van der Waals surface area contributed by atoms with Crippen LogP contribution >= 0.6 is 0 Å². The maximum Gasteiger partial charge on any atom is 0.331 e. The molecule has 0 aliphatic carbocycles. The number of rotatable bonds is 7. The molecular formula is C25H25N5O6. The average molecular weight is 492 g/mol. The number of nitrogens with zero attached hydrogens (tertiary/aromatic N) is 4. The average Bonchev–Trinajstić information content (AvgIpc) is 3.48. The van der Waals surface area contributed by atoms with Gasteiger partial charge in [0.25, 0.3) is 5.56 Å². The predicted molar refractivity (Wildman–Crippen MR) is 130 cm³/mol. The third kappa shape index (κ3) is 4.47. The van der Waals surface area contributed by atoms with Crippen molar-refractivity contribution in [1.29, 1.82) is 0 Å². The van der Waals surface area contributed by atoms with E-state index in [9.17, 15) is 14.4 Å². The lowest BCUT2D eigenvalue weighted by molar-refractivity contribution is -0.116. The molecule has 1 N–H and O–H groups in total. The first-order valence-corrected chi connectivity index (χ1v) is 11.5. The van der Waals surface area contributed by atoms with Gasteiger partial charge in [-0.1, -0.05) is 17.3 Å². The smallest absolute Gasteiger partial charge is 0.331 e. The zero-order chi connectivity index (χ0) is 25.4. The molecule has 0 atom stereocenters. The molecule has 1 aliphatic rings. The Hall–Kier alpha value is -4.41. The first-order chi connectivity index (χ1) is 17.3. The second-order valence-corrected chi connectivity index (χ2v) is 8.75. The van der Waals surface area contributed by atoms with Crippen LogP contribution in [0.15, 0.2) is 44.4 Å². The fourth-order valence-electron chi connectivity index (χ4n) is 4.19. The molecule has 0 saturated carbocycles. The zero-order valence-corrected chi connectivity index (χ0v) is 20.2.